The number of carbonyl (C=O) groups excluding carboxylic acids is 1. The molecule has 25 heavy (non-hydrogen) atoms. The second-order valence-corrected chi connectivity index (χ2v) is 6.75. The highest BCUT2D eigenvalue weighted by Crippen LogP contribution is 2.14. The number of benzene rings is 2. The molecule has 0 radical (unpaired) electrons. The molecule has 0 atom stereocenters. The number of anilines is 1. The van der Waals surface area contributed by atoms with E-state index in [0.717, 1.165) is 17.8 Å². The van der Waals surface area contributed by atoms with Gasteiger partial charge in [-0.1, -0.05) is 42.5 Å². The summed E-state index contributed by atoms with van der Waals surface area (Å²) in [7, 11) is 2.12. The van der Waals surface area contributed by atoms with Crippen molar-refractivity contribution in [3.05, 3.63) is 65.2 Å². The molecule has 3 N–H and O–H groups in total. The van der Waals surface area contributed by atoms with Crippen LogP contribution in [0.25, 0.3) is 0 Å². The summed E-state index contributed by atoms with van der Waals surface area (Å²) >= 11 is 0. The molecule has 0 heterocycles. The van der Waals surface area contributed by atoms with E-state index in [1.165, 1.54) is 11.1 Å². The van der Waals surface area contributed by atoms with Crippen LogP contribution >= 0.6 is 0 Å². The van der Waals surface area contributed by atoms with E-state index in [9.17, 15) is 4.79 Å². The molecule has 4 heteroatoms. The fourth-order valence-electron chi connectivity index (χ4n) is 2.63. The summed E-state index contributed by atoms with van der Waals surface area (Å²) in [4.78, 5) is 14.5. The predicted octanol–water partition coefficient (Wildman–Crippen LogP) is 3.36. The number of nitrogens with zero attached hydrogens (tertiary/aromatic N) is 1. The monoisotopic (exact) mass is 339 g/mol. The van der Waals surface area contributed by atoms with Gasteiger partial charge in [-0.25, -0.2) is 0 Å². The van der Waals surface area contributed by atoms with Gasteiger partial charge in [0, 0.05) is 31.2 Å². The van der Waals surface area contributed by atoms with Crippen molar-refractivity contribution < 1.29 is 4.79 Å². The molecular weight excluding hydrogens is 310 g/mol. The lowest BCUT2D eigenvalue weighted by atomic mass is 10.1. The molecule has 2 aromatic rings. The van der Waals surface area contributed by atoms with Crippen LogP contribution in [0.1, 0.15) is 37.0 Å². The Balaban J connectivity index is 1.88. The minimum Gasteiger partial charge on any atom is -0.399 e. The van der Waals surface area contributed by atoms with Gasteiger partial charge < -0.3 is 11.1 Å². The molecule has 0 aliphatic carbocycles. The van der Waals surface area contributed by atoms with Crippen LogP contribution in [0, 0.1) is 0 Å². The van der Waals surface area contributed by atoms with E-state index in [2.05, 4.69) is 43.2 Å². The molecule has 0 aliphatic heterocycles. The summed E-state index contributed by atoms with van der Waals surface area (Å²) in [5.74, 6) is 0.0512. The Morgan fingerprint density at radius 2 is 1.64 bits per heavy atom. The molecule has 0 bridgehead atoms. The first-order valence-electron chi connectivity index (χ1n) is 8.84. The summed E-state index contributed by atoms with van der Waals surface area (Å²) in [5.41, 5.74) is 10.1. The van der Waals surface area contributed by atoms with Gasteiger partial charge in [0.25, 0.3) is 0 Å². The van der Waals surface area contributed by atoms with Gasteiger partial charge in [0.2, 0.25) is 5.91 Å². The van der Waals surface area contributed by atoms with Gasteiger partial charge in [-0.05, 0) is 50.1 Å². The Labute approximate surface area is 151 Å². The van der Waals surface area contributed by atoms with Crippen LogP contribution in [0.3, 0.4) is 0 Å². The number of rotatable bonds is 8. The number of hydrogen-bond acceptors (Lipinski definition) is 3. The van der Waals surface area contributed by atoms with Gasteiger partial charge in [0.15, 0.2) is 0 Å². The maximum Gasteiger partial charge on any atom is 0.220 e. The molecule has 0 aliphatic rings. The SMILES string of the molecule is CC(C)N(C)Cc1ccccc1CNC(=O)CCc1ccccc1N. The second-order valence-electron chi connectivity index (χ2n) is 6.75. The molecule has 4 nitrogen and oxygen atoms in total. The summed E-state index contributed by atoms with van der Waals surface area (Å²) in [6, 6.07) is 16.5. The zero-order chi connectivity index (χ0) is 18.2. The van der Waals surface area contributed by atoms with Gasteiger partial charge in [-0.15, -0.1) is 0 Å². The van der Waals surface area contributed by atoms with E-state index in [4.69, 9.17) is 5.73 Å². The average molecular weight is 339 g/mol. The van der Waals surface area contributed by atoms with Crippen molar-refractivity contribution in [2.45, 2.75) is 45.8 Å². The molecule has 0 fully saturated rings. The average Bonchev–Trinajstić information content (AvgIpc) is 2.60. The number of nitrogens with one attached hydrogen (secondary N) is 1. The van der Waals surface area contributed by atoms with Crippen LogP contribution in [-0.4, -0.2) is 23.9 Å². The predicted molar refractivity (Wildman–Crippen MR) is 104 cm³/mol. The van der Waals surface area contributed by atoms with Crippen LogP contribution in [0.4, 0.5) is 5.69 Å². The second kappa shape index (κ2) is 9.23. The highest BCUT2D eigenvalue weighted by molar-refractivity contribution is 5.76. The van der Waals surface area contributed by atoms with Crippen molar-refractivity contribution in [1.29, 1.82) is 0 Å². The number of hydrogen-bond donors (Lipinski definition) is 2. The van der Waals surface area contributed by atoms with Gasteiger partial charge in [-0.2, -0.15) is 0 Å². The fourth-order valence-corrected chi connectivity index (χ4v) is 2.63. The largest absolute Gasteiger partial charge is 0.399 e. The highest BCUT2D eigenvalue weighted by Gasteiger charge is 2.09. The lowest BCUT2D eigenvalue weighted by molar-refractivity contribution is -0.121. The van der Waals surface area contributed by atoms with E-state index in [0.29, 0.717) is 25.4 Å². The third-order valence-electron chi connectivity index (χ3n) is 4.57. The standard InChI is InChI=1S/C21H29N3O/c1-16(2)24(3)15-19-10-5-4-9-18(19)14-23-21(25)13-12-17-8-6-7-11-20(17)22/h4-11,16H,12-15,22H2,1-3H3,(H,23,25). The Hall–Kier alpha value is -2.33. The van der Waals surface area contributed by atoms with Crippen molar-refractivity contribution in [2.75, 3.05) is 12.8 Å². The maximum atomic E-state index is 12.2. The summed E-state index contributed by atoms with van der Waals surface area (Å²) in [5, 5.41) is 3.03. The molecule has 0 spiro atoms. The van der Waals surface area contributed by atoms with Crippen LogP contribution in [0.2, 0.25) is 0 Å². The van der Waals surface area contributed by atoms with Gasteiger partial charge in [-0.3, -0.25) is 9.69 Å². The smallest absolute Gasteiger partial charge is 0.220 e. The Kier molecular flexibility index (Phi) is 7.02. The number of carbonyl (C=O) groups is 1. The first kappa shape index (κ1) is 19.0. The molecule has 0 aromatic heterocycles. The number of para-hydroxylation sites is 1. The van der Waals surface area contributed by atoms with Crippen molar-refractivity contribution in [3.8, 4) is 0 Å². The highest BCUT2D eigenvalue weighted by atomic mass is 16.1. The van der Waals surface area contributed by atoms with Gasteiger partial charge >= 0.3 is 0 Å². The van der Waals surface area contributed by atoms with E-state index < -0.39 is 0 Å². The van der Waals surface area contributed by atoms with Gasteiger partial charge in [0.1, 0.15) is 0 Å². The number of nitrogen functional groups attached to an aromatic ring is 1. The Bertz CT molecular complexity index is 697. The van der Waals surface area contributed by atoms with E-state index >= 15 is 0 Å². The fraction of sp³-hybridized carbons (Fsp3) is 0.381. The van der Waals surface area contributed by atoms with Crippen LogP contribution in [0.5, 0.6) is 0 Å². The van der Waals surface area contributed by atoms with Crippen molar-refractivity contribution in [2.24, 2.45) is 0 Å². The van der Waals surface area contributed by atoms with E-state index in [1.54, 1.807) is 0 Å². The van der Waals surface area contributed by atoms with E-state index in [1.807, 2.05) is 36.4 Å². The number of aryl methyl sites for hydroxylation is 1. The molecule has 0 unspecified atom stereocenters. The number of amides is 1. The summed E-state index contributed by atoms with van der Waals surface area (Å²) < 4.78 is 0. The van der Waals surface area contributed by atoms with Crippen molar-refractivity contribution >= 4 is 11.6 Å². The molecular formula is C21H29N3O. The lowest BCUT2D eigenvalue weighted by Gasteiger charge is -2.22. The van der Waals surface area contributed by atoms with Crippen LogP contribution < -0.4 is 11.1 Å². The molecule has 2 aromatic carbocycles. The minimum atomic E-state index is 0.0512. The van der Waals surface area contributed by atoms with Crippen LogP contribution in [-0.2, 0) is 24.3 Å². The molecule has 0 saturated heterocycles. The molecule has 2 rings (SSSR count). The summed E-state index contributed by atoms with van der Waals surface area (Å²) in [6.45, 7) is 5.80. The molecule has 0 saturated carbocycles. The topological polar surface area (TPSA) is 58.4 Å². The maximum absolute atomic E-state index is 12.2. The zero-order valence-electron chi connectivity index (χ0n) is 15.5. The van der Waals surface area contributed by atoms with Crippen molar-refractivity contribution in [1.82, 2.24) is 10.2 Å². The Morgan fingerprint density at radius 3 is 2.28 bits per heavy atom. The third kappa shape index (κ3) is 5.91. The Morgan fingerprint density at radius 1 is 1.04 bits per heavy atom. The first-order valence-corrected chi connectivity index (χ1v) is 8.84. The van der Waals surface area contributed by atoms with Crippen LogP contribution in [0.15, 0.2) is 48.5 Å². The minimum absolute atomic E-state index is 0.0512. The van der Waals surface area contributed by atoms with Gasteiger partial charge in [0.05, 0.1) is 0 Å². The molecule has 134 valence electrons. The zero-order valence-corrected chi connectivity index (χ0v) is 15.5. The first-order chi connectivity index (χ1) is 12.0. The molecule has 1 amide bonds. The normalized spacial score (nSPS) is 11.1. The summed E-state index contributed by atoms with van der Waals surface area (Å²) in [6.07, 6.45) is 1.11. The quantitative estimate of drug-likeness (QED) is 0.725. The number of nitrogens with two attached hydrogens (primary N) is 1. The van der Waals surface area contributed by atoms with Crippen molar-refractivity contribution in [3.63, 3.8) is 0 Å². The third-order valence-corrected chi connectivity index (χ3v) is 4.57. The lowest BCUT2D eigenvalue weighted by Crippen LogP contribution is -2.27. The van der Waals surface area contributed by atoms with E-state index in [-0.39, 0.29) is 5.91 Å².